The maximum atomic E-state index is 15.8. The van der Waals surface area contributed by atoms with Gasteiger partial charge in [-0.05, 0) is 109 Å². The van der Waals surface area contributed by atoms with Crippen LogP contribution in [0.25, 0.3) is 27.9 Å². The van der Waals surface area contributed by atoms with Gasteiger partial charge in [-0.25, -0.2) is 13.7 Å². The van der Waals surface area contributed by atoms with E-state index in [1.54, 1.807) is 13.0 Å². The van der Waals surface area contributed by atoms with Gasteiger partial charge in [0, 0.05) is 37.0 Å². The molecule has 8 nitrogen and oxygen atoms in total. The molecule has 2 aromatic heterocycles. The molecule has 1 saturated heterocycles. The Morgan fingerprint density at radius 2 is 1.74 bits per heavy atom. The summed E-state index contributed by atoms with van der Waals surface area (Å²) in [4.78, 5) is 15.1. The first-order valence-corrected chi connectivity index (χ1v) is 18.0. The average Bonchev–Trinajstić information content (AvgIpc) is 3.48. The van der Waals surface area contributed by atoms with E-state index in [9.17, 15) is 9.90 Å². The van der Waals surface area contributed by atoms with E-state index in [4.69, 9.17) is 19.3 Å². The van der Waals surface area contributed by atoms with Gasteiger partial charge in [0.15, 0.2) is 6.10 Å². The van der Waals surface area contributed by atoms with Crippen molar-refractivity contribution in [1.29, 1.82) is 0 Å². The standard InChI is InChI=1S/C41H54FN3O5/c1-10-13-28(5)49-33-17-16-26(3)36(42)35(33)30-15-12-14-29(23-30)31-24-32-37(44-20-18-41(9,19-21-44)48-22-11-2)34(27(4)25-45(32)43-31)38(39(46)47)50-40(6,7)8/h12,14-17,23-25,28,38H,10-11,13,18-22H2,1-9H3,(H,46,47). The van der Waals surface area contributed by atoms with Crippen LogP contribution >= 0.6 is 0 Å². The van der Waals surface area contributed by atoms with Crippen LogP contribution in [0.3, 0.4) is 0 Å². The molecule has 270 valence electrons. The number of hydrogen-bond acceptors (Lipinski definition) is 6. The zero-order valence-corrected chi connectivity index (χ0v) is 31.2. The summed E-state index contributed by atoms with van der Waals surface area (Å²) in [5.74, 6) is -0.831. The predicted octanol–water partition coefficient (Wildman–Crippen LogP) is 9.72. The predicted molar refractivity (Wildman–Crippen MR) is 198 cm³/mol. The highest BCUT2D eigenvalue weighted by molar-refractivity contribution is 5.87. The van der Waals surface area contributed by atoms with E-state index in [0.717, 1.165) is 54.4 Å². The average molecular weight is 688 g/mol. The molecule has 3 heterocycles. The highest BCUT2D eigenvalue weighted by Crippen LogP contribution is 2.42. The smallest absolute Gasteiger partial charge is 0.337 e. The van der Waals surface area contributed by atoms with Crippen molar-refractivity contribution in [2.24, 2.45) is 0 Å². The van der Waals surface area contributed by atoms with Gasteiger partial charge >= 0.3 is 5.97 Å². The van der Waals surface area contributed by atoms with Crippen LogP contribution in [-0.2, 0) is 14.3 Å². The molecule has 2 atom stereocenters. The Bertz CT molecular complexity index is 1820. The molecule has 0 amide bonds. The topological polar surface area (TPSA) is 85.5 Å². The molecule has 1 aliphatic rings. The molecule has 0 bridgehead atoms. The number of carboxylic acid groups (broad SMARTS) is 1. The second kappa shape index (κ2) is 15.1. The van der Waals surface area contributed by atoms with Crippen molar-refractivity contribution in [2.45, 2.75) is 118 Å². The second-order valence-electron chi connectivity index (χ2n) is 15.0. The molecule has 2 unspecified atom stereocenters. The molecule has 0 radical (unpaired) electrons. The Kier molecular flexibility index (Phi) is 11.3. The van der Waals surface area contributed by atoms with Crippen molar-refractivity contribution < 1.29 is 28.5 Å². The lowest BCUT2D eigenvalue weighted by molar-refractivity contribution is -0.160. The zero-order valence-electron chi connectivity index (χ0n) is 31.2. The first kappa shape index (κ1) is 37.3. The van der Waals surface area contributed by atoms with Crippen LogP contribution in [0.4, 0.5) is 10.1 Å². The Morgan fingerprint density at radius 3 is 2.38 bits per heavy atom. The molecule has 50 heavy (non-hydrogen) atoms. The van der Waals surface area contributed by atoms with Gasteiger partial charge in [-0.3, -0.25) is 0 Å². The van der Waals surface area contributed by atoms with Crippen molar-refractivity contribution >= 4 is 17.2 Å². The second-order valence-corrected chi connectivity index (χ2v) is 15.0. The number of hydrogen-bond donors (Lipinski definition) is 1. The van der Waals surface area contributed by atoms with E-state index >= 15 is 4.39 Å². The molecule has 1 fully saturated rings. The lowest BCUT2D eigenvalue weighted by Gasteiger charge is -2.41. The van der Waals surface area contributed by atoms with Crippen LogP contribution in [0.5, 0.6) is 5.75 Å². The number of carbonyl (C=O) groups is 1. The number of halogens is 1. The normalized spacial score (nSPS) is 16.1. The number of nitrogens with zero attached hydrogens (tertiary/aromatic N) is 3. The first-order valence-electron chi connectivity index (χ1n) is 18.0. The third-order valence-electron chi connectivity index (χ3n) is 9.49. The molecular weight excluding hydrogens is 633 g/mol. The largest absolute Gasteiger partial charge is 0.490 e. The van der Waals surface area contributed by atoms with E-state index in [-0.39, 0.29) is 17.5 Å². The highest BCUT2D eigenvalue weighted by Gasteiger charge is 2.37. The van der Waals surface area contributed by atoms with Crippen molar-refractivity contribution in [3.8, 4) is 28.1 Å². The highest BCUT2D eigenvalue weighted by atomic mass is 19.1. The molecule has 1 N–H and O–H groups in total. The zero-order chi connectivity index (χ0) is 36.4. The van der Waals surface area contributed by atoms with Gasteiger partial charge < -0.3 is 24.2 Å². The van der Waals surface area contributed by atoms with E-state index < -0.39 is 17.7 Å². The minimum Gasteiger partial charge on any atom is -0.490 e. The number of ether oxygens (including phenoxy) is 3. The van der Waals surface area contributed by atoms with Gasteiger partial charge in [-0.15, -0.1) is 0 Å². The van der Waals surface area contributed by atoms with Gasteiger partial charge in [0.05, 0.1) is 39.8 Å². The molecule has 4 aromatic rings. The Morgan fingerprint density at radius 1 is 1.04 bits per heavy atom. The van der Waals surface area contributed by atoms with Crippen molar-refractivity contribution in [1.82, 2.24) is 9.61 Å². The minimum atomic E-state index is -1.18. The number of aliphatic carboxylic acids is 1. The monoisotopic (exact) mass is 687 g/mol. The molecule has 0 aliphatic carbocycles. The summed E-state index contributed by atoms with van der Waals surface area (Å²) in [7, 11) is 0. The number of anilines is 1. The number of fused-ring (bicyclic) bond motifs is 1. The molecular formula is C41H54FN3O5. The fourth-order valence-electron chi connectivity index (χ4n) is 6.88. The van der Waals surface area contributed by atoms with Crippen LogP contribution in [-0.4, -0.2) is 57.7 Å². The first-order chi connectivity index (χ1) is 23.6. The molecule has 0 spiro atoms. The number of aromatic nitrogens is 2. The molecule has 5 rings (SSSR count). The quantitative estimate of drug-likeness (QED) is 0.150. The van der Waals surface area contributed by atoms with E-state index in [1.165, 1.54) is 0 Å². The number of pyridine rings is 1. The molecule has 1 aliphatic heterocycles. The van der Waals surface area contributed by atoms with E-state index in [1.807, 2.05) is 81.7 Å². The molecule has 0 saturated carbocycles. The third-order valence-corrected chi connectivity index (χ3v) is 9.49. The number of benzene rings is 2. The summed E-state index contributed by atoms with van der Waals surface area (Å²) >= 11 is 0. The maximum Gasteiger partial charge on any atom is 0.337 e. The lowest BCUT2D eigenvalue weighted by atomic mass is 9.91. The van der Waals surface area contributed by atoms with Crippen LogP contribution in [0.2, 0.25) is 0 Å². The van der Waals surface area contributed by atoms with Gasteiger partial charge in [0.1, 0.15) is 11.6 Å². The minimum absolute atomic E-state index is 0.0545. The Balaban J connectivity index is 1.64. The number of rotatable bonds is 13. The van der Waals surface area contributed by atoms with E-state index in [0.29, 0.717) is 53.4 Å². The third kappa shape index (κ3) is 8.16. The van der Waals surface area contributed by atoms with Gasteiger partial charge in [-0.1, -0.05) is 44.5 Å². The van der Waals surface area contributed by atoms with Crippen LogP contribution in [0.1, 0.15) is 103 Å². The van der Waals surface area contributed by atoms with Crippen LogP contribution in [0.15, 0.2) is 48.7 Å². The number of carboxylic acids is 1. The molecule has 2 aromatic carbocycles. The summed E-state index contributed by atoms with van der Waals surface area (Å²) in [5, 5.41) is 15.5. The summed E-state index contributed by atoms with van der Waals surface area (Å²) in [6, 6.07) is 13.3. The van der Waals surface area contributed by atoms with Crippen LogP contribution < -0.4 is 9.64 Å². The summed E-state index contributed by atoms with van der Waals surface area (Å²) in [6.45, 7) is 19.8. The summed E-state index contributed by atoms with van der Waals surface area (Å²) in [5.41, 5.74) is 5.23. The number of piperidine rings is 1. The SMILES string of the molecule is CCCOC1(C)CCN(c2c(C(OC(C)(C)C)C(=O)O)c(C)cn3nc(-c4cccc(-c5c(OC(C)CCC)ccc(C)c5F)c4)cc23)CC1. The van der Waals surface area contributed by atoms with Gasteiger partial charge in [-0.2, -0.15) is 5.10 Å². The fraction of sp³-hybridized carbons (Fsp3) is 0.512. The maximum absolute atomic E-state index is 15.8. The van der Waals surface area contributed by atoms with Gasteiger partial charge in [0.2, 0.25) is 0 Å². The van der Waals surface area contributed by atoms with Crippen molar-refractivity contribution in [2.75, 3.05) is 24.6 Å². The van der Waals surface area contributed by atoms with Gasteiger partial charge in [0.25, 0.3) is 0 Å². The fourth-order valence-corrected chi connectivity index (χ4v) is 6.88. The van der Waals surface area contributed by atoms with Crippen molar-refractivity contribution in [3.63, 3.8) is 0 Å². The van der Waals surface area contributed by atoms with Crippen LogP contribution in [0, 0.1) is 19.7 Å². The Hall–Kier alpha value is -3.95. The van der Waals surface area contributed by atoms with Crippen molar-refractivity contribution in [3.05, 3.63) is 71.2 Å². The lowest BCUT2D eigenvalue weighted by Crippen LogP contribution is -2.45. The molecule has 9 heteroatoms. The number of aryl methyl sites for hydroxylation is 2. The summed E-state index contributed by atoms with van der Waals surface area (Å²) in [6.07, 6.45) is 5.04. The van der Waals surface area contributed by atoms with E-state index in [2.05, 4.69) is 25.7 Å². The Labute approximate surface area is 296 Å². The summed E-state index contributed by atoms with van der Waals surface area (Å²) < 4.78 is 36.4.